The Bertz CT molecular complexity index is 710. The van der Waals surface area contributed by atoms with Gasteiger partial charge in [0.1, 0.15) is 5.75 Å². The van der Waals surface area contributed by atoms with Gasteiger partial charge in [0.15, 0.2) is 6.61 Å². The van der Waals surface area contributed by atoms with Crippen LogP contribution >= 0.6 is 22.6 Å². The highest BCUT2D eigenvalue weighted by Gasteiger charge is 1.99. The maximum absolute atomic E-state index is 11.8. The molecule has 2 aromatic rings. The molecule has 0 fully saturated rings. The van der Waals surface area contributed by atoms with Crippen LogP contribution in [-0.2, 0) is 9.59 Å². The van der Waals surface area contributed by atoms with Gasteiger partial charge in [0, 0.05) is 15.3 Å². The van der Waals surface area contributed by atoms with E-state index in [0.717, 1.165) is 14.8 Å². The minimum Gasteiger partial charge on any atom is -0.484 e. The van der Waals surface area contributed by atoms with Crippen LogP contribution in [0.1, 0.15) is 5.56 Å². The van der Waals surface area contributed by atoms with E-state index in [1.165, 1.54) is 6.08 Å². The molecule has 0 aromatic heterocycles. The number of hydrogen-bond acceptors (Lipinski definition) is 3. The zero-order valence-corrected chi connectivity index (χ0v) is 14.3. The van der Waals surface area contributed by atoms with Crippen molar-refractivity contribution < 1.29 is 14.3 Å². The lowest BCUT2D eigenvalue weighted by atomic mass is 10.2. The number of rotatable bonds is 6. The average molecular weight is 422 g/mol. The van der Waals surface area contributed by atoms with Crippen molar-refractivity contribution in [3.8, 4) is 5.75 Å². The fourth-order valence-corrected chi connectivity index (χ4v) is 2.08. The molecular weight excluding hydrogens is 407 g/mol. The maximum Gasteiger partial charge on any atom is 0.255 e. The minimum absolute atomic E-state index is 0.159. The van der Waals surface area contributed by atoms with E-state index in [-0.39, 0.29) is 12.5 Å². The van der Waals surface area contributed by atoms with Gasteiger partial charge in [0.2, 0.25) is 5.91 Å². The monoisotopic (exact) mass is 422 g/mol. The molecule has 118 valence electrons. The molecule has 2 rings (SSSR count). The summed E-state index contributed by atoms with van der Waals surface area (Å²) in [7, 11) is 0. The van der Waals surface area contributed by atoms with Crippen molar-refractivity contribution in [2.24, 2.45) is 5.73 Å². The first kappa shape index (κ1) is 17.0. The van der Waals surface area contributed by atoms with Crippen molar-refractivity contribution in [3.05, 3.63) is 63.7 Å². The second-order valence-corrected chi connectivity index (χ2v) is 5.90. The Balaban J connectivity index is 1.90. The summed E-state index contributed by atoms with van der Waals surface area (Å²) in [5.41, 5.74) is 6.59. The van der Waals surface area contributed by atoms with Crippen LogP contribution in [0.15, 0.2) is 54.6 Å². The van der Waals surface area contributed by atoms with Crippen LogP contribution in [0.5, 0.6) is 5.75 Å². The number of carbonyl (C=O) groups is 2. The van der Waals surface area contributed by atoms with Crippen LogP contribution in [0.2, 0.25) is 0 Å². The number of nitrogens with one attached hydrogen (secondary N) is 1. The zero-order valence-electron chi connectivity index (χ0n) is 12.2. The van der Waals surface area contributed by atoms with Crippen LogP contribution in [0, 0.1) is 3.57 Å². The Morgan fingerprint density at radius 2 is 1.74 bits per heavy atom. The van der Waals surface area contributed by atoms with E-state index in [9.17, 15) is 9.59 Å². The van der Waals surface area contributed by atoms with Crippen molar-refractivity contribution in [2.75, 3.05) is 11.9 Å². The smallest absolute Gasteiger partial charge is 0.255 e. The summed E-state index contributed by atoms with van der Waals surface area (Å²) in [6, 6.07) is 14.5. The Labute approximate surface area is 147 Å². The fraction of sp³-hybridized carbons (Fsp3) is 0.0588. The molecule has 0 saturated carbocycles. The lowest BCUT2D eigenvalue weighted by Gasteiger charge is -2.04. The molecular formula is C17H15IN2O3. The number of hydrogen-bond donors (Lipinski definition) is 2. The molecule has 6 heteroatoms. The highest BCUT2D eigenvalue weighted by Crippen LogP contribution is 2.14. The van der Waals surface area contributed by atoms with E-state index in [2.05, 4.69) is 27.9 Å². The molecule has 0 bridgehead atoms. The SMILES string of the molecule is NC(=O)COc1ccc(C=CC(=O)Nc2ccc(I)cc2)cc1. The number of ether oxygens (including phenoxy) is 1. The highest BCUT2D eigenvalue weighted by molar-refractivity contribution is 14.1. The molecule has 0 saturated heterocycles. The number of nitrogens with two attached hydrogens (primary N) is 1. The van der Waals surface area contributed by atoms with E-state index in [1.54, 1.807) is 30.3 Å². The third-order valence-corrected chi connectivity index (χ3v) is 3.52. The third kappa shape index (κ3) is 6.11. The molecule has 0 heterocycles. The van der Waals surface area contributed by atoms with Crippen LogP contribution in [0.3, 0.4) is 0 Å². The van der Waals surface area contributed by atoms with Crippen LogP contribution < -0.4 is 15.8 Å². The summed E-state index contributed by atoms with van der Waals surface area (Å²) < 4.78 is 6.26. The van der Waals surface area contributed by atoms with Crippen LogP contribution in [0.4, 0.5) is 5.69 Å². The quantitative estimate of drug-likeness (QED) is 0.555. The summed E-state index contributed by atoms with van der Waals surface area (Å²) in [6.07, 6.45) is 3.15. The average Bonchev–Trinajstić information content (AvgIpc) is 2.54. The first-order valence-electron chi connectivity index (χ1n) is 6.79. The number of benzene rings is 2. The van der Waals surface area contributed by atoms with Crippen molar-refractivity contribution in [3.63, 3.8) is 0 Å². The summed E-state index contributed by atoms with van der Waals surface area (Å²) in [5, 5.41) is 2.78. The fourth-order valence-electron chi connectivity index (χ4n) is 1.72. The van der Waals surface area contributed by atoms with Crippen LogP contribution in [0.25, 0.3) is 6.08 Å². The molecule has 0 radical (unpaired) electrons. The van der Waals surface area contributed by atoms with Crippen LogP contribution in [-0.4, -0.2) is 18.4 Å². The Morgan fingerprint density at radius 1 is 1.09 bits per heavy atom. The zero-order chi connectivity index (χ0) is 16.7. The van der Waals surface area contributed by atoms with Crippen molar-refractivity contribution in [2.45, 2.75) is 0 Å². The summed E-state index contributed by atoms with van der Waals surface area (Å²) in [6.45, 7) is -0.159. The standard InChI is InChI=1S/C17H15IN2O3/c18-13-4-6-14(7-5-13)20-17(22)10-3-12-1-8-15(9-2-12)23-11-16(19)21/h1-10H,11H2,(H2,19,21)(H,20,22). The molecule has 3 N–H and O–H groups in total. The van der Waals surface area contributed by atoms with E-state index in [4.69, 9.17) is 10.5 Å². The van der Waals surface area contributed by atoms with E-state index in [0.29, 0.717) is 5.75 Å². The molecule has 0 atom stereocenters. The second kappa shape index (κ2) is 8.33. The van der Waals surface area contributed by atoms with Gasteiger partial charge in [0.25, 0.3) is 5.91 Å². The number of primary amides is 1. The lowest BCUT2D eigenvalue weighted by Crippen LogP contribution is -2.19. The van der Waals surface area contributed by atoms with Crippen molar-refractivity contribution in [1.82, 2.24) is 0 Å². The molecule has 0 aliphatic heterocycles. The van der Waals surface area contributed by atoms with Gasteiger partial charge in [-0.15, -0.1) is 0 Å². The Hall–Kier alpha value is -2.35. The third-order valence-electron chi connectivity index (χ3n) is 2.80. The predicted molar refractivity (Wildman–Crippen MR) is 98.0 cm³/mol. The predicted octanol–water partition coefficient (Wildman–Crippen LogP) is 2.81. The first-order valence-corrected chi connectivity index (χ1v) is 7.86. The molecule has 0 aliphatic rings. The molecule has 2 amide bonds. The molecule has 5 nitrogen and oxygen atoms in total. The van der Waals surface area contributed by atoms with E-state index >= 15 is 0 Å². The van der Waals surface area contributed by atoms with E-state index in [1.807, 2.05) is 24.3 Å². The maximum atomic E-state index is 11.8. The molecule has 0 spiro atoms. The lowest BCUT2D eigenvalue weighted by molar-refractivity contribution is -0.120. The van der Waals surface area contributed by atoms with Crippen molar-refractivity contribution >= 4 is 46.2 Å². The van der Waals surface area contributed by atoms with E-state index < -0.39 is 5.91 Å². The van der Waals surface area contributed by atoms with Gasteiger partial charge in [0.05, 0.1) is 0 Å². The minimum atomic E-state index is -0.527. The molecule has 0 unspecified atom stereocenters. The largest absolute Gasteiger partial charge is 0.484 e. The molecule has 23 heavy (non-hydrogen) atoms. The van der Waals surface area contributed by atoms with Gasteiger partial charge in [-0.05, 0) is 70.6 Å². The highest BCUT2D eigenvalue weighted by atomic mass is 127. The second-order valence-electron chi connectivity index (χ2n) is 4.65. The van der Waals surface area contributed by atoms with Gasteiger partial charge in [-0.1, -0.05) is 12.1 Å². The number of anilines is 1. The summed E-state index contributed by atoms with van der Waals surface area (Å²) in [5.74, 6) is -0.189. The van der Waals surface area contributed by atoms with Gasteiger partial charge >= 0.3 is 0 Å². The normalized spacial score (nSPS) is 10.5. The van der Waals surface area contributed by atoms with Gasteiger partial charge in [-0.3, -0.25) is 9.59 Å². The molecule has 0 aliphatic carbocycles. The van der Waals surface area contributed by atoms with Gasteiger partial charge in [-0.25, -0.2) is 0 Å². The molecule has 2 aromatic carbocycles. The Morgan fingerprint density at radius 3 is 2.35 bits per heavy atom. The van der Waals surface area contributed by atoms with Gasteiger partial charge < -0.3 is 15.8 Å². The summed E-state index contributed by atoms with van der Waals surface area (Å²) in [4.78, 5) is 22.5. The topological polar surface area (TPSA) is 81.4 Å². The summed E-state index contributed by atoms with van der Waals surface area (Å²) >= 11 is 2.20. The number of halogens is 1. The number of carbonyl (C=O) groups excluding carboxylic acids is 2. The van der Waals surface area contributed by atoms with Crippen molar-refractivity contribution in [1.29, 1.82) is 0 Å². The first-order chi connectivity index (χ1) is 11.0. The number of amides is 2. The van der Waals surface area contributed by atoms with Gasteiger partial charge in [-0.2, -0.15) is 0 Å². The Kier molecular flexibility index (Phi) is 6.16.